The van der Waals surface area contributed by atoms with Gasteiger partial charge in [-0.3, -0.25) is 15.3 Å². The molecule has 4 heteroatoms. The zero-order chi connectivity index (χ0) is 13.8. The van der Waals surface area contributed by atoms with Gasteiger partial charge in [0.1, 0.15) is 11.5 Å². The summed E-state index contributed by atoms with van der Waals surface area (Å²) in [6.07, 6.45) is 7.08. The number of nitrogen functional groups attached to an aromatic ring is 1. The van der Waals surface area contributed by atoms with E-state index in [-0.39, 0.29) is 5.84 Å². The molecule has 1 aromatic rings. The van der Waals surface area contributed by atoms with E-state index in [0.29, 0.717) is 11.7 Å². The molecule has 0 aromatic carbocycles. The van der Waals surface area contributed by atoms with E-state index in [0.717, 1.165) is 12.5 Å². The van der Waals surface area contributed by atoms with E-state index in [1.807, 2.05) is 12.1 Å². The van der Waals surface area contributed by atoms with Gasteiger partial charge in [-0.25, -0.2) is 0 Å². The van der Waals surface area contributed by atoms with Crippen LogP contribution >= 0.6 is 0 Å². The van der Waals surface area contributed by atoms with Crippen LogP contribution in [0.3, 0.4) is 0 Å². The molecule has 3 N–H and O–H groups in total. The van der Waals surface area contributed by atoms with Gasteiger partial charge >= 0.3 is 0 Å². The summed E-state index contributed by atoms with van der Waals surface area (Å²) in [6.45, 7) is 3.26. The zero-order valence-electron chi connectivity index (χ0n) is 11.9. The summed E-state index contributed by atoms with van der Waals surface area (Å²) in [5, 5.41) is 7.44. The lowest BCUT2D eigenvalue weighted by molar-refractivity contribution is 0.133. The summed E-state index contributed by atoms with van der Waals surface area (Å²) in [7, 11) is 2.19. The highest BCUT2D eigenvalue weighted by molar-refractivity contribution is 5.93. The molecule has 1 heterocycles. The number of hydrogen-bond donors (Lipinski definition) is 2. The second-order valence-electron chi connectivity index (χ2n) is 5.71. The van der Waals surface area contributed by atoms with Crippen LogP contribution in [0.5, 0.6) is 0 Å². The largest absolute Gasteiger partial charge is 0.382 e. The SMILES string of the molecule is CC1CCCCC1N(C)Cc1ccnc(C(=N)N)c1. The second kappa shape index (κ2) is 6.15. The fourth-order valence-electron chi connectivity index (χ4n) is 3.08. The lowest BCUT2D eigenvalue weighted by Gasteiger charge is -2.36. The first-order chi connectivity index (χ1) is 9.08. The van der Waals surface area contributed by atoms with Gasteiger partial charge in [0.25, 0.3) is 0 Å². The maximum Gasteiger partial charge on any atom is 0.141 e. The molecule has 4 nitrogen and oxygen atoms in total. The minimum absolute atomic E-state index is 0.0375. The number of nitrogens with zero attached hydrogens (tertiary/aromatic N) is 2. The average Bonchev–Trinajstić information content (AvgIpc) is 2.39. The minimum Gasteiger partial charge on any atom is -0.382 e. The molecule has 0 bridgehead atoms. The third-order valence-corrected chi connectivity index (χ3v) is 4.16. The maximum atomic E-state index is 7.44. The number of hydrogen-bond acceptors (Lipinski definition) is 3. The Balaban J connectivity index is 2.03. The van der Waals surface area contributed by atoms with Crippen molar-refractivity contribution in [3.8, 4) is 0 Å². The van der Waals surface area contributed by atoms with Gasteiger partial charge in [-0.2, -0.15) is 0 Å². The van der Waals surface area contributed by atoms with Crippen LogP contribution in [0.1, 0.15) is 43.9 Å². The van der Waals surface area contributed by atoms with E-state index in [9.17, 15) is 0 Å². The highest BCUT2D eigenvalue weighted by Gasteiger charge is 2.24. The molecule has 19 heavy (non-hydrogen) atoms. The van der Waals surface area contributed by atoms with Crippen molar-refractivity contribution >= 4 is 5.84 Å². The Morgan fingerprint density at radius 3 is 2.89 bits per heavy atom. The van der Waals surface area contributed by atoms with Crippen LogP contribution in [0.4, 0.5) is 0 Å². The Hall–Kier alpha value is -1.42. The zero-order valence-corrected chi connectivity index (χ0v) is 11.9. The molecule has 0 saturated heterocycles. The van der Waals surface area contributed by atoms with Gasteiger partial charge < -0.3 is 5.73 Å². The molecule has 2 rings (SSSR count). The summed E-state index contributed by atoms with van der Waals surface area (Å²) >= 11 is 0. The van der Waals surface area contributed by atoms with Crippen LogP contribution in [0.25, 0.3) is 0 Å². The molecule has 1 aliphatic rings. The number of pyridine rings is 1. The molecule has 1 aromatic heterocycles. The van der Waals surface area contributed by atoms with E-state index in [1.165, 1.54) is 31.2 Å². The molecule has 0 spiro atoms. The Bertz CT molecular complexity index is 444. The Kier molecular flexibility index (Phi) is 4.53. The molecule has 1 saturated carbocycles. The minimum atomic E-state index is 0.0375. The van der Waals surface area contributed by atoms with Crippen molar-refractivity contribution in [1.82, 2.24) is 9.88 Å². The van der Waals surface area contributed by atoms with Crippen LogP contribution in [0.2, 0.25) is 0 Å². The van der Waals surface area contributed by atoms with Gasteiger partial charge in [-0.05, 0) is 43.5 Å². The molecular formula is C15H24N4. The van der Waals surface area contributed by atoms with E-state index >= 15 is 0 Å². The lowest BCUT2D eigenvalue weighted by Crippen LogP contribution is -2.38. The predicted octanol–water partition coefficient (Wildman–Crippen LogP) is 2.38. The predicted molar refractivity (Wildman–Crippen MR) is 78.1 cm³/mol. The van der Waals surface area contributed by atoms with E-state index in [2.05, 4.69) is 23.9 Å². The summed E-state index contributed by atoms with van der Waals surface area (Å²) in [6, 6.07) is 4.60. The first-order valence-corrected chi connectivity index (χ1v) is 7.07. The second-order valence-corrected chi connectivity index (χ2v) is 5.71. The molecular weight excluding hydrogens is 236 g/mol. The first-order valence-electron chi connectivity index (χ1n) is 7.07. The summed E-state index contributed by atoms with van der Waals surface area (Å²) < 4.78 is 0. The highest BCUT2D eigenvalue weighted by atomic mass is 15.1. The van der Waals surface area contributed by atoms with Crippen LogP contribution in [-0.2, 0) is 6.54 Å². The molecule has 1 fully saturated rings. The number of amidine groups is 1. The topological polar surface area (TPSA) is 66.0 Å². The number of rotatable bonds is 4. The summed E-state index contributed by atoms with van der Waals surface area (Å²) in [4.78, 5) is 6.54. The van der Waals surface area contributed by atoms with Crippen molar-refractivity contribution < 1.29 is 0 Å². The van der Waals surface area contributed by atoms with Gasteiger partial charge in [0.2, 0.25) is 0 Å². The monoisotopic (exact) mass is 260 g/mol. The van der Waals surface area contributed by atoms with Crippen LogP contribution in [0, 0.1) is 11.3 Å². The quantitative estimate of drug-likeness (QED) is 0.645. The number of nitrogens with one attached hydrogen (secondary N) is 1. The van der Waals surface area contributed by atoms with Gasteiger partial charge in [0.05, 0.1) is 0 Å². The summed E-state index contributed by atoms with van der Waals surface area (Å²) in [5.74, 6) is 0.809. The molecule has 2 unspecified atom stereocenters. The Morgan fingerprint density at radius 1 is 1.47 bits per heavy atom. The lowest BCUT2D eigenvalue weighted by atomic mass is 9.85. The van der Waals surface area contributed by atoms with Crippen molar-refractivity contribution in [3.05, 3.63) is 29.6 Å². The third kappa shape index (κ3) is 3.53. The van der Waals surface area contributed by atoms with Crippen molar-refractivity contribution in [1.29, 1.82) is 5.41 Å². The van der Waals surface area contributed by atoms with Crippen molar-refractivity contribution in [3.63, 3.8) is 0 Å². The van der Waals surface area contributed by atoms with Crippen molar-refractivity contribution in [2.24, 2.45) is 11.7 Å². The first kappa shape index (κ1) is 14.0. The number of nitrogens with two attached hydrogens (primary N) is 1. The fourth-order valence-corrected chi connectivity index (χ4v) is 3.08. The molecule has 1 aliphatic carbocycles. The normalized spacial score (nSPS) is 23.5. The van der Waals surface area contributed by atoms with E-state index in [1.54, 1.807) is 6.20 Å². The molecule has 2 atom stereocenters. The van der Waals surface area contributed by atoms with Gasteiger partial charge in [0.15, 0.2) is 0 Å². The Morgan fingerprint density at radius 2 is 2.21 bits per heavy atom. The Labute approximate surface area is 115 Å². The van der Waals surface area contributed by atoms with Gasteiger partial charge in [0, 0.05) is 18.8 Å². The van der Waals surface area contributed by atoms with Crippen molar-refractivity contribution in [2.45, 2.75) is 45.2 Å². The van der Waals surface area contributed by atoms with Gasteiger partial charge in [-0.15, -0.1) is 0 Å². The maximum absolute atomic E-state index is 7.44. The number of aromatic nitrogens is 1. The van der Waals surface area contributed by atoms with E-state index in [4.69, 9.17) is 11.1 Å². The standard InChI is InChI=1S/C15H24N4/c1-11-5-3-4-6-14(11)19(2)10-12-7-8-18-13(9-12)15(16)17/h7-9,11,14H,3-6,10H2,1-2H3,(H3,16,17). The average molecular weight is 260 g/mol. The molecule has 104 valence electrons. The van der Waals surface area contributed by atoms with E-state index < -0.39 is 0 Å². The summed E-state index contributed by atoms with van der Waals surface area (Å²) in [5.41, 5.74) is 7.24. The van der Waals surface area contributed by atoms with Crippen molar-refractivity contribution in [2.75, 3.05) is 7.05 Å². The molecule has 0 radical (unpaired) electrons. The van der Waals surface area contributed by atoms with Crippen LogP contribution < -0.4 is 5.73 Å². The fraction of sp³-hybridized carbons (Fsp3) is 0.600. The highest BCUT2D eigenvalue weighted by Crippen LogP contribution is 2.28. The molecule has 0 aliphatic heterocycles. The van der Waals surface area contributed by atoms with Crippen LogP contribution in [-0.4, -0.2) is 28.8 Å². The van der Waals surface area contributed by atoms with Gasteiger partial charge in [-0.1, -0.05) is 19.8 Å². The molecule has 0 amide bonds. The third-order valence-electron chi connectivity index (χ3n) is 4.16. The van der Waals surface area contributed by atoms with Crippen LogP contribution in [0.15, 0.2) is 18.3 Å². The smallest absolute Gasteiger partial charge is 0.141 e.